The zero-order chi connectivity index (χ0) is 14.0. The van der Waals surface area contributed by atoms with E-state index < -0.39 is 10.8 Å². The van der Waals surface area contributed by atoms with Crippen LogP contribution in [0.1, 0.15) is 5.56 Å². The summed E-state index contributed by atoms with van der Waals surface area (Å²) in [6.07, 6.45) is 0. The standard InChI is InChI=1S/C13H10BrCl2NOS/c14-10-3-1-8(5-13(10)17)7-19(18)9-2-4-11(15)12(16)6-9/h1-6H,7,17H2. The summed E-state index contributed by atoms with van der Waals surface area (Å²) < 4.78 is 13.1. The summed E-state index contributed by atoms with van der Waals surface area (Å²) in [5, 5.41) is 0.859. The predicted molar refractivity (Wildman–Crippen MR) is 85.1 cm³/mol. The minimum absolute atomic E-state index is 0.384. The van der Waals surface area contributed by atoms with Gasteiger partial charge < -0.3 is 5.73 Å². The fourth-order valence-electron chi connectivity index (χ4n) is 1.54. The van der Waals surface area contributed by atoms with Gasteiger partial charge in [-0.1, -0.05) is 29.3 Å². The summed E-state index contributed by atoms with van der Waals surface area (Å²) in [7, 11) is -1.18. The molecule has 0 radical (unpaired) electrons. The molecule has 2 aromatic carbocycles. The third-order valence-electron chi connectivity index (χ3n) is 2.51. The number of nitrogens with two attached hydrogens (primary N) is 1. The van der Waals surface area contributed by atoms with Crippen LogP contribution in [-0.2, 0) is 16.6 Å². The van der Waals surface area contributed by atoms with Crippen molar-refractivity contribution in [2.24, 2.45) is 0 Å². The van der Waals surface area contributed by atoms with Crippen molar-refractivity contribution in [2.45, 2.75) is 10.6 Å². The van der Waals surface area contributed by atoms with Crippen molar-refractivity contribution in [1.82, 2.24) is 0 Å². The summed E-state index contributed by atoms with van der Waals surface area (Å²) in [6.45, 7) is 0. The Labute approximate surface area is 132 Å². The van der Waals surface area contributed by atoms with Crippen molar-refractivity contribution in [1.29, 1.82) is 0 Å². The van der Waals surface area contributed by atoms with Crippen molar-refractivity contribution >= 4 is 55.6 Å². The second kappa shape index (κ2) is 6.27. The molecule has 0 aromatic heterocycles. The number of rotatable bonds is 3. The molecule has 2 nitrogen and oxygen atoms in total. The van der Waals surface area contributed by atoms with E-state index in [2.05, 4.69) is 15.9 Å². The first kappa shape index (κ1) is 14.9. The van der Waals surface area contributed by atoms with Gasteiger partial charge in [0.2, 0.25) is 0 Å². The summed E-state index contributed by atoms with van der Waals surface area (Å²) >= 11 is 15.1. The Balaban J connectivity index is 2.20. The average molecular weight is 379 g/mol. The maximum absolute atomic E-state index is 12.2. The Hall–Kier alpha value is -0.550. The van der Waals surface area contributed by atoms with Crippen LogP contribution in [0.5, 0.6) is 0 Å². The molecule has 0 aliphatic heterocycles. The van der Waals surface area contributed by atoms with Crippen molar-refractivity contribution in [3.05, 3.63) is 56.5 Å². The lowest BCUT2D eigenvalue weighted by molar-refractivity contribution is 0.682. The summed E-state index contributed by atoms with van der Waals surface area (Å²) in [5.74, 6) is 0.384. The van der Waals surface area contributed by atoms with Crippen molar-refractivity contribution < 1.29 is 4.21 Å². The highest BCUT2D eigenvalue weighted by Gasteiger charge is 2.08. The molecule has 0 saturated carbocycles. The molecule has 6 heteroatoms. The highest BCUT2D eigenvalue weighted by Crippen LogP contribution is 2.26. The molecule has 2 rings (SSSR count). The van der Waals surface area contributed by atoms with E-state index in [-0.39, 0.29) is 0 Å². The normalized spacial score (nSPS) is 12.4. The van der Waals surface area contributed by atoms with Crippen LogP contribution < -0.4 is 5.73 Å². The van der Waals surface area contributed by atoms with Gasteiger partial charge in [0.1, 0.15) is 0 Å². The number of nitrogen functional groups attached to an aromatic ring is 1. The zero-order valence-electron chi connectivity index (χ0n) is 9.70. The first-order chi connectivity index (χ1) is 8.97. The Morgan fingerprint density at radius 3 is 2.47 bits per heavy atom. The third kappa shape index (κ3) is 3.72. The Bertz CT molecular complexity index is 649. The monoisotopic (exact) mass is 377 g/mol. The number of hydrogen-bond donors (Lipinski definition) is 1. The summed E-state index contributed by atoms with van der Waals surface area (Å²) in [4.78, 5) is 0.649. The third-order valence-corrected chi connectivity index (χ3v) is 5.35. The van der Waals surface area contributed by atoms with Crippen molar-refractivity contribution in [2.75, 3.05) is 5.73 Å². The molecule has 0 amide bonds. The number of halogens is 3. The molecule has 19 heavy (non-hydrogen) atoms. The van der Waals surface area contributed by atoms with Crippen LogP contribution >= 0.6 is 39.1 Å². The van der Waals surface area contributed by atoms with Gasteiger partial charge in [0.25, 0.3) is 0 Å². The van der Waals surface area contributed by atoms with Crippen LogP contribution in [0.2, 0.25) is 10.0 Å². The van der Waals surface area contributed by atoms with Crippen LogP contribution in [-0.4, -0.2) is 4.21 Å². The molecule has 0 aliphatic rings. The molecule has 0 fully saturated rings. The molecular formula is C13H10BrCl2NOS. The predicted octanol–water partition coefficient (Wildman–Crippen LogP) is 4.65. The fraction of sp³-hybridized carbons (Fsp3) is 0.0769. The molecule has 0 bridgehead atoms. The quantitative estimate of drug-likeness (QED) is 0.790. The highest BCUT2D eigenvalue weighted by atomic mass is 79.9. The van der Waals surface area contributed by atoms with Crippen LogP contribution in [0.25, 0.3) is 0 Å². The summed E-state index contributed by atoms with van der Waals surface area (Å²) in [5.41, 5.74) is 7.33. The molecule has 1 unspecified atom stereocenters. The smallest absolute Gasteiger partial charge is 0.0604 e. The molecule has 0 saturated heterocycles. The van der Waals surface area contributed by atoms with E-state index in [4.69, 9.17) is 28.9 Å². The van der Waals surface area contributed by atoms with E-state index in [1.807, 2.05) is 12.1 Å². The van der Waals surface area contributed by atoms with Gasteiger partial charge in [0, 0.05) is 15.1 Å². The molecule has 0 heterocycles. The lowest BCUT2D eigenvalue weighted by atomic mass is 10.2. The van der Waals surface area contributed by atoms with Gasteiger partial charge in [-0.05, 0) is 51.8 Å². The highest BCUT2D eigenvalue weighted by molar-refractivity contribution is 9.10. The second-order valence-electron chi connectivity index (χ2n) is 3.92. The fourth-order valence-corrected chi connectivity index (χ4v) is 3.26. The van der Waals surface area contributed by atoms with E-state index in [9.17, 15) is 4.21 Å². The minimum Gasteiger partial charge on any atom is -0.398 e. The van der Waals surface area contributed by atoms with Crippen molar-refractivity contribution in [3.8, 4) is 0 Å². The first-order valence-corrected chi connectivity index (χ1v) is 8.21. The molecular weight excluding hydrogens is 369 g/mol. The zero-order valence-corrected chi connectivity index (χ0v) is 13.6. The maximum atomic E-state index is 12.2. The van der Waals surface area contributed by atoms with Gasteiger partial charge in [0.05, 0.1) is 26.6 Å². The minimum atomic E-state index is -1.18. The Kier molecular flexibility index (Phi) is 4.90. The Morgan fingerprint density at radius 1 is 1.11 bits per heavy atom. The summed E-state index contributed by atoms with van der Waals surface area (Å²) in [6, 6.07) is 10.5. The number of anilines is 1. The van der Waals surface area contributed by atoms with Gasteiger partial charge in [-0.15, -0.1) is 0 Å². The molecule has 2 aromatic rings. The van der Waals surface area contributed by atoms with Gasteiger partial charge in [-0.3, -0.25) is 4.21 Å². The molecule has 0 spiro atoms. The lowest BCUT2D eigenvalue weighted by Gasteiger charge is -2.06. The van der Waals surface area contributed by atoms with E-state index in [0.717, 1.165) is 10.0 Å². The largest absolute Gasteiger partial charge is 0.398 e. The number of benzene rings is 2. The maximum Gasteiger partial charge on any atom is 0.0604 e. The van der Waals surface area contributed by atoms with E-state index >= 15 is 0 Å². The SMILES string of the molecule is Nc1cc(CS(=O)c2ccc(Cl)c(Cl)c2)ccc1Br. The molecule has 100 valence electrons. The van der Waals surface area contributed by atoms with Crippen molar-refractivity contribution in [3.63, 3.8) is 0 Å². The van der Waals surface area contributed by atoms with Crippen LogP contribution in [0.15, 0.2) is 45.8 Å². The van der Waals surface area contributed by atoms with E-state index in [1.54, 1.807) is 24.3 Å². The van der Waals surface area contributed by atoms with Gasteiger partial charge >= 0.3 is 0 Å². The molecule has 0 aliphatic carbocycles. The number of hydrogen-bond acceptors (Lipinski definition) is 2. The van der Waals surface area contributed by atoms with Gasteiger partial charge in [0.15, 0.2) is 0 Å². The van der Waals surface area contributed by atoms with Crippen LogP contribution in [0.3, 0.4) is 0 Å². The van der Waals surface area contributed by atoms with Gasteiger partial charge in [-0.2, -0.15) is 0 Å². The average Bonchev–Trinajstić information content (AvgIpc) is 2.37. The molecule has 2 N–H and O–H groups in total. The molecule has 1 atom stereocenters. The van der Waals surface area contributed by atoms with E-state index in [0.29, 0.717) is 26.4 Å². The van der Waals surface area contributed by atoms with Crippen LogP contribution in [0, 0.1) is 0 Å². The first-order valence-electron chi connectivity index (χ1n) is 5.34. The topological polar surface area (TPSA) is 43.1 Å². The van der Waals surface area contributed by atoms with Gasteiger partial charge in [-0.25, -0.2) is 0 Å². The second-order valence-corrected chi connectivity index (χ2v) is 7.04. The van der Waals surface area contributed by atoms with Crippen LogP contribution in [0.4, 0.5) is 5.69 Å². The van der Waals surface area contributed by atoms with E-state index in [1.165, 1.54) is 0 Å². The Morgan fingerprint density at radius 2 is 1.84 bits per heavy atom. The lowest BCUT2D eigenvalue weighted by Crippen LogP contribution is -1.98.